The summed E-state index contributed by atoms with van der Waals surface area (Å²) in [6.07, 6.45) is 4.46. The highest BCUT2D eigenvalue weighted by Crippen LogP contribution is 2.25. The van der Waals surface area contributed by atoms with E-state index in [4.69, 9.17) is 0 Å². The van der Waals surface area contributed by atoms with E-state index in [1.807, 2.05) is 18.3 Å². The number of benzene rings is 1. The van der Waals surface area contributed by atoms with Crippen molar-refractivity contribution in [3.8, 4) is 0 Å². The summed E-state index contributed by atoms with van der Waals surface area (Å²) in [4.78, 5) is 6.85. The summed E-state index contributed by atoms with van der Waals surface area (Å²) in [6, 6.07) is 10.7. The summed E-state index contributed by atoms with van der Waals surface area (Å²) in [5.74, 6) is 0. The molecule has 1 aliphatic heterocycles. The highest BCUT2D eigenvalue weighted by molar-refractivity contribution is 9.10. The smallest absolute Gasteiger partial charge is 0.0595 e. The van der Waals surface area contributed by atoms with E-state index in [1.54, 1.807) is 0 Å². The van der Waals surface area contributed by atoms with E-state index in [1.165, 1.54) is 42.9 Å². The summed E-state index contributed by atoms with van der Waals surface area (Å²) in [5, 5.41) is 3.47. The summed E-state index contributed by atoms with van der Waals surface area (Å²) in [5.41, 5.74) is 4.86. The molecule has 1 fully saturated rings. The van der Waals surface area contributed by atoms with E-state index >= 15 is 0 Å². The van der Waals surface area contributed by atoms with E-state index < -0.39 is 0 Å². The van der Waals surface area contributed by atoms with Crippen LogP contribution in [0.25, 0.3) is 0 Å². The number of anilines is 2. The minimum Gasteiger partial charge on any atom is -0.379 e. The second kappa shape index (κ2) is 6.48. The van der Waals surface area contributed by atoms with Crippen molar-refractivity contribution >= 4 is 27.3 Å². The fraction of sp³-hybridized carbons (Fsp3) is 0.353. The third kappa shape index (κ3) is 3.56. The quantitative estimate of drug-likeness (QED) is 0.891. The average molecular weight is 346 g/mol. The first kappa shape index (κ1) is 14.4. The van der Waals surface area contributed by atoms with Gasteiger partial charge in [-0.05, 0) is 71.6 Å². The zero-order valence-corrected chi connectivity index (χ0v) is 13.9. The molecular weight excluding hydrogens is 326 g/mol. The predicted octanol–water partition coefficient (Wildman–Crippen LogP) is 4.36. The van der Waals surface area contributed by atoms with Crippen LogP contribution in [0, 0.1) is 6.92 Å². The van der Waals surface area contributed by atoms with Crippen molar-refractivity contribution in [1.82, 2.24) is 4.98 Å². The summed E-state index contributed by atoms with van der Waals surface area (Å²) in [6.45, 7) is 5.29. The number of pyridine rings is 1. The fourth-order valence-electron chi connectivity index (χ4n) is 2.72. The molecule has 21 heavy (non-hydrogen) atoms. The van der Waals surface area contributed by atoms with Crippen LogP contribution in [-0.4, -0.2) is 18.1 Å². The minimum atomic E-state index is 0.747. The highest BCUT2D eigenvalue weighted by atomic mass is 79.9. The van der Waals surface area contributed by atoms with Gasteiger partial charge in [0.05, 0.1) is 12.2 Å². The van der Waals surface area contributed by atoms with E-state index in [9.17, 15) is 0 Å². The second-order valence-corrected chi connectivity index (χ2v) is 6.43. The topological polar surface area (TPSA) is 28.2 Å². The molecule has 0 spiro atoms. The van der Waals surface area contributed by atoms with Crippen LogP contribution in [-0.2, 0) is 6.54 Å². The van der Waals surface area contributed by atoms with Crippen LogP contribution in [0.1, 0.15) is 24.1 Å². The molecule has 0 radical (unpaired) electrons. The third-order valence-electron chi connectivity index (χ3n) is 3.93. The molecule has 0 amide bonds. The van der Waals surface area contributed by atoms with Gasteiger partial charge in [-0.1, -0.05) is 0 Å². The molecule has 1 aliphatic rings. The number of nitrogens with one attached hydrogen (secondary N) is 1. The van der Waals surface area contributed by atoms with Crippen LogP contribution < -0.4 is 10.2 Å². The minimum absolute atomic E-state index is 0.747. The number of aromatic nitrogens is 1. The molecule has 0 bridgehead atoms. The Labute approximate surface area is 134 Å². The van der Waals surface area contributed by atoms with Crippen LogP contribution >= 0.6 is 15.9 Å². The van der Waals surface area contributed by atoms with Crippen molar-refractivity contribution < 1.29 is 0 Å². The van der Waals surface area contributed by atoms with Crippen molar-refractivity contribution in [2.75, 3.05) is 23.3 Å². The lowest BCUT2D eigenvalue weighted by molar-refractivity contribution is 0.949. The van der Waals surface area contributed by atoms with E-state index in [-0.39, 0.29) is 0 Å². The second-order valence-electron chi connectivity index (χ2n) is 5.51. The van der Waals surface area contributed by atoms with Crippen LogP contribution in [0.3, 0.4) is 0 Å². The molecule has 0 unspecified atom stereocenters. The predicted molar refractivity (Wildman–Crippen MR) is 91.9 cm³/mol. The Balaban J connectivity index is 1.66. The first-order valence-corrected chi connectivity index (χ1v) is 8.21. The lowest BCUT2D eigenvalue weighted by atomic mass is 10.1. The molecular formula is C17H20BrN3. The normalized spacial score (nSPS) is 14.5. The first-order valence-electron chi connectivity index (χ1n) is 7.42. The average Bonchev–Trinajstić information content (AvgIpc) is 3.02. The molecule has 2 heterocycles. The van der Waals surface area contributed by atoms with Gasteiger partial charge in [-0.25, -0.2) is 0 Å². The van der Waals surface area contributed by atoms with E-state index in [2.05, 4.69) is 56.3 Å². The Kier molecular flexibility index (Phi) is 4.44. The zero-order chi connectivity index (χ0) is 14.7. The molecule has 4 heteroatoms. The molecule has 2 aromatic rings. The van der Waals surface area contributed by atoms with Gasteiger partial charge in [0.2, 0.25) is 0 Å². The molecule has 0 aliphatic carbocycles. The highest BCUT2D eigenvalue weighted by Gasteiger charge is 2.12. The number of aryl methyl sites for hydroxylation is 1. The fourth-order valence-corrected chi connectivity index (χ4v) is 2.95. The maximum Gasteiger partial charge on any atom is 0.0595 e. The van der Waals surface area contributed by atoms with Crippen LogP contribution in [0.2, 0.25) is 0 Å². The maximum absolute atomic E-state index is 4.39. The van der Waals surface area contributed by atoms with Crippen LogP contribution in [0.5, 0.6) is 0 Å². The van der Waals surface area contributed by atoms with Gasteiger partial charge in [-0.3, -0.25) is 4.98 Å². The number of nitrogens with zero attached hydrogens (tertiary/aromatic N) is 2. The first-order chi connectivity index (χ1) is 10.2. The molecule has 1 saturated heterocycles. The third-order valence-corrected chi connectivity index (χ3v) is 4.40. The van der Waals surface area contributed by atoms with Crippen molar-refractivity contribution in [1.29, 1.82) is 0 Å². The number of halogens is 1. The van der Waals surface area contributed by atoms with Gasteiger partial charge >= 0.3 is 0 Å². The Hall–Kier alpha value is -1.55. The van der Waals surface area contributed by atoms with Crippen molar-refractivity contribution in [3.63, 3.8) is 0 Å². The number of rotatable bonds is 4. The van der Waals surface area contributed by atoms with Gasteiger partial charge in [-0.2, -0.15) is 0 Å². The van der Waals surface area contributed by atoms with Gasteiger partial charge in [0.1, 0.15) is 0 Å². The van der Waals surface area contributed by atoms with Crippen molar-refractivity contribution in [2.45, 2.75) is 26.3 Å². The lowest BCUT2D eigenvalue weighted by Gasteiger charge is -2.19. The van der Waals surface area contributed by atoms with E-state index in [0.29, 0.717) is 0 Å². The van der Waals surface area contributed by atoms with E-state index in [0.717, 1.165) is 16.7 Å². The van der Waals surface area contributed by atoms with Gasteiger partial charge < -0.3 is 10.2 Å². The lowest BCUT2D eigenvalue weighted by Crippen LogP contribution is -2.17. The van der Waals surface area contributed by atoms with Gasteiger partial charge in [0.25, 0.3) is 0 Å². The largest absolute Gasteiger partial charge is 0.379 e. The molecule has 3 nitrogen and oxygen atoms in total. The molecule has 1 N–H and O–H groups in total. The Morgan fingerprint density at radius 1 is 1.19 bits per heavy atom. The number of hydrogen-bond donors (Lipinski definition) is 1. The molecule has 1 aromatic carbocycles. The zero-order valence-electron chi connectivity index (χ0n) is 12.3. The van der Waals surface area contributed by atoms with Crippen LogP contribution in [0.4, 0.5) is 11.4 Å². The van der Waals surface area contributed by atoms with Crippen LogP contribution in [0.15, 0.2) is 41.0 Å². The number of hydrogen-bond acceptors (Lipinski definition) is 3. The molecule has 110 valence electrons. The van der Waals surface area contributed by atoms with Crippen molar-refractivity contribution in [2.24, 2.45) is 0 Å². The Bertz CT molecular complexity index is 604. The summed E-state index contributed by atoms with van der Waals surface area (Å²) in [7, 11) is 0. The Morgan fingerprint density at radius 2 is 2.00 bits per heavy atom. The molecule has 1 aromatic heterocycles. The maximum atomic E-state index is 4.39. The standard InChI is InChI=1S/C17H20BrN3/c1-13-10-16(21-8-2-3-9-21)6-7-17(13)20-12-15-5-4-14(18)11-19-15/h4-7,10-11,20H,2-3,8-9,12H2,1H3. The Morgan fingerprint density at radius 3 is 2.67 bits per heavy atom. The van der Waals surface area contributed by atoms with Gasteiger partial charge in [0, 0.05) is 35.1 Å². The SMILES string of the molecule is Cc1cc(N2CCCC2)ccc1NCc1ccc(Br)cn1. The monoisotopic (exact) mass is 345 g/mol. The summed E-state index contributed by atoms with van der Waals surface area (Å²) < 4.78 is 1.01. The summed E-state index contributed by atoms with van der Waals surface area (Å²) >= 11 is 3.41. The van der Waals surface area contributed by atoms with Crippen molar-refractivity contribution in [3.05, 3.63) is 52.3 Å². The molecule has 3 rings (SSSR count). The molecule has 0 saturated carbocycles. The van der Waals surface area contributed by atoms with Gasteiger partial charge in [-0.15, -0.1) is 0 Å². The van der Waals surface area contributed by atoms with Gasteiger partial charge in [0.15, 0.2) is 0 Å². The molecule has 0 atom stereocenters.